The van der Waals surface area contributed by atoms with E-state index in [1.807, 2.05) is 6.92 Å². The first kappa shape index (κ1) is 12.5. The van der Waals surface area contributed by atoms with Gasteiger partial charge in [-0.3, -0.25) is 0 Å². The van der Waals surface area contributed by atoms with Gasteiger partial charge in [0.2, 0.25) is 5.95 Å². The van der Waals surface area contributed by atoms with Crippen molar-refractivity contribution in [2.45, 2.75) is 19.4 Å². The number of hydrogen-bond donors (Lipinski definition) is 2. The Kier molecular flexibility index (Phi) is 4.26. The van der Waals surface area contributed by atoms with Crippen molar-refractivity contribution in [3.05, 3.63) is 16.4 Å². The van der Waals surface area contributed by atoms with Crippen LogP contribution in [0.2, 0.25) is 0 Å². The summed E-state index contributed by atoms with van der Waals surface area (Å²) in [6, 6.07) is -0.206. The molecule has 0 saturated carbocycles. The topological polar surface area (TPSA) is 75.1 Å². The van der Waals surface area contributed by atoms with Crippen molar-refractivity contribution in [2.24, 2.45) is 0 Å². The van der Waals surface area contributed by atoms with E-state index in [-0.39, 0.29) is 17.7 Å². The predicted molar refractivity (Wildman–Crippen MR) is 63.2 cm³/mol. The van der Waals surface area contributed by atoms with Gasteiger partial charge in [-0.1, -0.05) is 12.8 Å². The zero-order valence-electron chi connectivity index (χ0n) is 8.57. The van der Waals surface area contributed by atoms with Crippen molar-refractivity contribution >= 4 is 27.8 Å². The van der Waals surface area contributed by atoms with E-state index in [0.29, 0.717) is 10.9 Å². The van der Waals surface area contributed by atoms with Crippen LogP contribution >= 0.6 is 15.9 Å². The Morgan fingerprint density at radius 1 is 1.81 bits per heavy atom. The van der Waals surface area contributed by atoms with Gasteiger partial charge in [-0.05, 0) is 22.4 Å². The number of anilines is 1. The van der Waals surface area contributed by atoms with Crippen molar-refractivity contribution in [1.29, 1.82) is 0 Å². The fourth-order valence-electron chi connectivity index (χ4n) is 1.00. The molecule has 0 fully saturated rings. The Hall–Kier alpha value is -1.61. The van der Waals surface area contributed by atoms with E-state index < -0.39 is 5.97 Å². The summed E-state index contributed by atoms with van der Waals surface area (Å²) >= 11 is 3.06. The summed E-state index contributed by atoms with van der Waals surface area (Å²) in [5, 5.41) is 11.7. The molecule has 1 atom stereocenters. The van der Waals surface area contributed by atoms with E-state index in [1.54, 1.807) is 0 Å². The number of nitrogens with zero attached hydrogens (tertiary/aromatic N) is 2. The van der Waals surface area contributed by atoms with E-state index in [4.69, 9.17) is 11.5 Å². The van der Waals surface area contributed by atoms with Gasteiger partial charge in [-0.15, -0.1) is 6.42 Å². The third kappa shape index (κ3) is 2.94. The molecular weight excluding hydrogens is 274 g/mol. The largest absolute Gasteiger partial charge is 0.476 e. The quantitative estimate of drug-likeness (QED) is 0.824. The van der Waals surface area contributed by atoms with E-state index in [1.165, 1.54) is 6.20 Å². The Bertz CT molecular complexity index is 442. The number of hydrogen-bond acceptors (Lipinski definition) is 4. The van der Waals surface area contributed by atoms with Gasteiger partial charge in [-0.25, -0.2) is 14.8 Å². The van der Waals surface area contributed by atoms with Crippen LogP contribution in [0, 0.1) is 12.3 Å². The first-order valence-corrected chi connectivity index (χ1v) is 5.36. The standard InChI is InChI=1S/C10H10BrN3O2/c1-3-6(4-2)13-10-12-5-7(11)8(14-10)9(15)16/h1,5-6H,4H2,2H3,(H,15,16)(H,12,13,14). The Morgan fingerprint density at radius 2 is 2.50 bits per heavy atom. The fourth-order valence-corrected chi connectivity index (χ4v) is 1.36. The number of carboxylic acids is 1. The van der Waals surface area contributed by atoms with E-state index in [9.17, 15) is 4.79 Å². The average Bonchev–Trinajstić information content (AvgIpc) is 2.27. The van der Waals surface area contributed by atoms with Crippen LogP contribution in [0.15, 0.2) is 10.7 Å². The van der Waals surface area contributed by atoms with Crippen LogP contribution in [0.25, 0.3) is 0 Å². The average molecular weight is 284 g/mol. The highest BCUT2D eigenvalue weighted by molar-refractivity contribution is 9.10. The van der Waals surface area contributed by atoms with Crippen molar-refractivity contribution in [3.8, 4) is 12.3 Å². The molecule has 1 aromatic heterocycles. The Labute approximate surface area is 101 Å². The molecule has 6 heteroatoms. The second kappa shape index (κ2) is 5.47. The lowest BCUT2D eigenvalue weighted by atomic mass is 10.2. The van der Waals surface area contributed by atoms with Gasteiger partial charge in [0.25, 0.3) is 0 Å². The molecule has 0 aliphatic rings. The van der Waals surface area contributed by atoms with Gasteiger partial charge in [-0.2, -0.15) is 0 Å². The molecule has 0 amide bonds. The minimum absolute atomic E-state index is 0.0932. The summed E-state index contributed by atoms with van der Waals surface area (Å²) in [5.74, 6) is 1.61. The zero-order valence-corrected chi connectivity index (χ0v) is 10.2. The van der Waals surface area contributed by atoms with Crippen LogP contribution in [0.5, 0.6) is 0 Å². The molecule has 0 aliphatic carbocycles. The lowest BCUT2D eigenvalue weighted by molar-refractivity contribution is 0.0689. The third-order valence-corrected chi connectivity index (χ3v) is 2.44. The molecular formula is C10H10BrN3O2. The SMILES string of the molecule is C#CC(CC)Nc1ncc(Br)c(C(=O)O)n1. The molecule has 0 aliphatic heterocycles. The van der Waals surface area contributed by atoms with Crippen LogP contribution in [0.4, 0.5) is 5.95 Å². The minimum Gasteiger partial charge on any atom is -0.476 e. The normalized spacial score (nSPS) is 11.6. The Morgan fingerprint density at radius 3 is 3.00 bits per heavy atom. The van der Waals surface area contributed by atoms with Crippen molar-refractivity contribution in [2.75, 3.05) is 5.32 Å². The smallest absolute Gasteiger partial charge is 0.355 e. The first-order valence-electron chi connectivity index (χ1n) is 4.57. The third-order valence-electron chi connectivity index (χ3n) is 1.86. The van der Waals surface area contributed by atoms with Crippen LogP contribution in [-0.2, 0) is 0 Å². The lowest BCUT2D eigenvalue weighted by Gasteiger charge is -2.10. The fraction of sp³-hybridized carbons (Fsp3) is 0.300. The van der Waals surface area contributed by atoms with Gasteiger partial charge in [0.15, 0.2) is 5.69 Å². The van der Waals surface area contributed by atoms with Crippen molar-refractivity contribution in [1.82, 2.24) is 9.97 Å². The van der Waals surface area contributed by atoms with E-state index >= 15 is 0 Å². The van der Waals surface area contributed by atoms with Crippen LogP contribution in [-0.4, -0.2) is 27.1 Å². The molecule has 0 spiro atoms. The number of carboxylic acid groups (broad SMARTS) is 1. The number of aromatic nitrogens is 2. The summed E-state index contributed by atoms with van der Waals surface area (Å²) in [6.07, 6.45) is 7.35. The number of carbonyl (C=O) groups is 1. The zero-order chi connectivity index (χ0) is 12.1. The minimum atomic E-state index is -1.12. The van der Waals surface area contributed by atoms with Crippen LogP contribution in [0.1, 0.15) is 23.8 Å². The number of halogens is 1. The summed E-state index contributed by atoms with van der Waals surface area (Å²) in [5.41, 5.74) is -0.0932. The highest BCUT2D eigenvalue weighted by Crippen LogP contribution is 2.15. The van der Waals surface area contributed by atoms with E-state index in [2.05, 4.69) is 37.1 Å². The second-order valence-corrected chi connectivity index (χ2v) is 3.82. The highest BCUT2D eigenvalue weighted by atomic mass is 79.9. The van der Waals surface area contributed by atoms with Crippen molar-refractivity contribution in [3.63, 3.8) is 0 Å². The Balaban J connectivity index is 2.96. The number of terminal acetylenes is 1. The van der Waals surface area contributed by atoms with Gasteiger partial charge >= 0.3 is 5.97 Å². The molecule has 1 aromatic rings. The summed E-state index contributed by atoms with van der Waals surface area (Å²) in [4.78, 5) is 18.6. The summed E-state index contributed by atoms with van der Waals surface area (Å²) in [6.45, 7) is 1.91. The highest BCUT2D eigenvalue weighted by Gasteiger charge is 2.13. The molecule has 1 rings (SSSR count). The number of rotatable bonds is 4. The van der Waals surface area contributed by atoms with Gasteiger partial charge < -0.3 is 10.4 Å². The molecule has 2 N–H and O–H groups in total. The first-order chi connectivity index (χ1) is 7.58. The second-order valence-electron chi connectivity index (χ2n) is 2.97. The molecule has 16 heavy (non-hydrogen) atoms. The molecule has 1 unspecified atom stereocenters. The van der Waals surface area contributed by atoms with Crippen LogP contribution in [0.3, 0.4) is 0 Å². The van der Waals surface area contributed by atoms with Crippen molar-refractivity contribution < 1.29 is 9.90 Å². The summed E-state index contributed by atoms with van der Waals surface area (Å²) in [7, 11) is 0. The predicted octanol–water partition coefficient (Wildman–Crippen LogP) is 1.76. The maximum absolute atomic E-state index is 10.8. The maximum Gasteiger partial charge on any atom is 0.355 e. The molecule has 84 valence electrons. The number of nitrogens with one attached hydrogen (secondary N) is 1. The maximum atomic E-state index is 10.8. The summed E-state index contributed by atoms with van der Waals surface area (Å²) < 4.78 is 0.333. The number of aromatic carboxylic acids is 1. The molecule has 0 aromatic carbocycles. The lowest BCUT2D eigenvalue weighted by Crippen LogP contribution is -2.18. The molecule has 0 saturated heterocycles. The molecule has 1 heterocycles. The molecule has 0 bridgehead atoms. The van der Waals surface area contributed by atoms with Gasteiger partial charge in [0, 0.05) is 6.20 Å². The molecule has 0 radical (unpaired) electrons. The monoisotopic (exact) mass is 283 g/mol. The van der Waals surface area contributed by atoms with E-state index in [0.717, 1.165) is 0 Å². The molecule has 5 nitrogen and oxygen atoms in total. The van der Waals surface area contributed by atoms with Gasteiger partial charge in [0.05, 0.1) is 10.5 Å². The van der Waals surface area contributed by atoms with Crippen LogP contribution < -0.4 is 5.32 Å². The van der Waals surface area contributed by atoms with Gasteiger partial charge in [0.1, 0.15) is 0 Å².